The zero-order valence-corrected chi connectivity index (χ0v) is 16.4. The number of nitrogens with one attached hydrogen (secondary N) is 1. The monoisotopic (exact) mass is 390 g/mol. The molecule has 0 radical (unpaired) electrons. The van der Waals surface area contributed by atoms with Gasteiger partial charge in [0.15, 0.2) is 5.03 Å². The van der Waals surface area contributed by atoms with Gasteiger partial charge in [-0.1, -0.05) is 37.3 Å². The first-order valence-electron chi connectivity index (χ1n) is 9.27. The van der Waals surface area contributed by atoms with Crippen LogP contribution in [-0.4, -0.2) is 47.8 Å². The van der Waals surface area contributed by atoms with Crippen LogP contribution in [0.15, 0.2) is 47.9 Å². The largest absolute Gasteiger partial charge is 0.354 e. The van der Waals surface area contributed by atoms with Crippen LogP contribution in [0.5, 0.6) is 0 Å². The van der Waals surface area contributed by atoms with Crippen LogP contribution in [0, 0.1) is 5.92 Å². The normalized spacial score (nSPS) is 16.3. The van der Waals surface area contributed by atoms with E-state index in [0.29, 0.717) is 25.6 Å². The number of sulfonamides is 1. The quantitative estimate of drug-likeness (QED) is 0.779. The van der Waals surface area contributed by atoms with Gasteiger partial charge in [0.05, 0.1) is 6.33 Å². The molecule has 2 heterocycles. The highest BCUT2D eigenvalue weighted by molar-refractivity contribution is 7.89. The van der Waals surface area contributed by atoms with Gasteiger partial charge in [0.1, 0.15) is 6.54 Å². The molecule has 1 aliphatic rings. The van der Waals surface area contributed by atoms with Crippen LogP contribution in [0.2, 0.25) is 0 Å². The summed E-state index contributed by atoms with van der Waals surface area (Å²) in [5.41, 5.74) is 1.16. The maximum atomic E-state index is 12.7. The second-order valence-electron chi connectivity index (χ2n) is 7.06. The molecule has 146 valence electrons. The van der Waals surface area contributed by atoms with Crippen LogP contribution in [0.1, 0.15) is 25.3 Å². The van der Waals surface area contributed by atoms with Crippen molar-refractivity contribution >= 4 is 15.9 Å². The molecule has 0 saturated carbocycles. The number of rotatable bonds is 7. The van der Waals surface area contributed by atoms with Gasteiger partial charge < -0.3 is 9.88 Å². The summed E-state index contributed by atoms with van der Waals surface area (Å²) in [6, 6.07) is 9.92. The number of amides is 1. The third kappa shape index (κ3) is 5.17. The van der Waals surface area contributed by atoms with E-state index in [1.165, 1.54) is 21.4 Å². The lowest BCUT2D eigenvalue weighted by atomic mass is 10.0. The fourth-order valence-corrected chi connectivity index (χ4v) is 4.53. The third-order valence-corrected chi connectivity index (χ3v) is 6.65. The van der Waals surface area contributed by atoms with E-state index in [1.807, 2.05) is 30.3 Å². The van der Waals surface area contributed by atoms with Crippen LogP contribution in [0.3, 0.4) is 0 Å². The molecule has 7 nitrogen and oxygen atoms in total. The number of carbonyl (C=O) groups is 1. The fourth-order valence-electron chi connectivity index (χ4n) is 3.13. The average Bonchev–Trinajstić information content (AvgIpc) is 3.12. The maximum Gasteiger partial charge on any atom is 0.262 e. The molecular formula is C19H26N4O3S. The van der Waals surface area contributed by atoms with E-state index in [9.17, 15) is 13.2 Å². The zero-order chi connectivity index (χ0) is 19.3. The van der Waals surface area contributed by atoms with Crippen LogP contribution in [0.25, 0.3) is 0 Å². The lowest BCUT2D eigenvalue weighted by Crippen LogP contribution is -2.38. The van der Waals surface area contributed by atoms with Gasteiger partial charge in [-0.3, -0.25) is 4.79 Å². The van der Waals surface area contributed by atoms with E-state index in [-0.39, 0.29) is 17.5 Å². The number of aromatic nitrogens is 2. The van der Waals surface area contributed by atoms with Crippen molar-refractivity contribution in [2.24, 2.45) is 5.92 Å². The van der Waals surface area contributed by atoms with Crippen LogP contribution < -0.4 is 5.32 Å². The Kier molecular flexibility index (Phi) is 6.28. The van der Waals surface area contributed by atoms with Gasteiger partial charge >= 0.3 is 0 Å². The van der Waals surface area contributed by atoms with Gasteiger partial charge in [-0.15, -0.1) is 0 Å². The minimum absolute atomic E-state index is 0.00846. The molecule has 0 bridgehead atoms. The van der Waals surface area contributed by atoms with E-state index < -0.39 is 10.0 Å². The number of piperidine rings is 1. The van der Waals surface area contributed by atoms with Crippen LogP contribution in [-0.2, 0) is 27.8 Å². The van der Waals surface area contributed by atoms with E-state index in [4.69, 9.17) is 0 Å². The molecule has 1 aliphatic heterocycles. The third-order valence-electron chi connectivity index (χ3n) is 4.86. The number of hydrogen-bond acceptors (Lipinski definition) is 4. The molecule has 0 aliphatic carbocycles. The summed E-state index contributed by atoms with van der Waals surface area (Å²) in [7, 11) is -3.58. The summed E-state index contributed by atoms with van der Waals surface area (Å²) in [4.78, 5) is 16.1. The summed E-state index contributed by atoms with van der Waals surface area (Å²) in [6.45, 7) is 3.77. The van der Waals surface area contributed by atoms with Crippen molar-refractivity contribution in [3.63, 3.8) is 0 Å². The highest BCUT2D eigenvalue weighted by Gasteiger charge is 2.29. The molecular weight excluding hydrogens is 364 g/mol. The van der Waals surface area contributed by atoms with Gasteiger partial charge in [-0.25, -0.2) is 13.4 Å². The lowest BCUT2D eigenvalue weighted by Gasteiger charge is -2.28. The first-order valence-corrected chi connectivity index (χ1v) is 10.7. The number of imidazole rings is 1. The van der Waals surface area contributed by atoms with Crippen molar-refractivity contribution in [2.75, 3.05) is 19.6 Å². The number of benzene rings is 1. The molecule has 1 saturated heterocycles. The summed E-state index contributed by atoms with van der Waals surface area (Å²) in [6.07, 6.45) is 5.32. The van der Waals surface area contributed by atoms with E-state index in [2.05, 4.69) is 17.2 Å². The van der Waals surface area contributed by atoms with Crippen molar-refractivity contribution in [1.82, 2.24) is 19.2 Å². The Bertz CT molecular complexity index is 856. The van der Waals surface area contributed by atoms with Crippen LogP contribution in [0.4, 0.5) is 0 Å². The molecule has 0 spiro atoms. The molecule has 1 aromatic heterocycles. The molecule has 0 unspecified atom stereocenters. The number of hydrogen-bond donors (Lipinski definition) is 1. The average molecular weight is 391 g/mol. The van der Waals surface area contributed by atoms with Crippen molar-refractivity contribution in [3.8, 4) is 0 Å². The topological polar surface area (TPSA) is 84.3 Å². The van der Waals surface area contributed by atoms with Gasteiger partial charge in [-0.05, 0) is 30.7 Å². The molecule has 27 heavy (non-hydrogen) atoms. The Labute approximate surface area is 160 Å². The Hall–Kier alpha value is -2.19. The molecule has 1 amide bonds. The highest BCUT2D eigenvalue weighted by atomic mass is 32.2. The molecule has 8 heteroatoms. The predicted octanol–water partition coefficient (Wildman–Crippen LogP) is 1.66. The van der Waals surface area contributed by atoms with Crippen molar-refractivity contribution < 1.29 is 13.2 Å². The fraction of sp³-hybridized carbons (Fsp3) is 0.474. The number of carbonyl (C=O) groups excluding carboxylic acids is 1. The second-order valence-corrected chi connectivity index (χ2v) is 8.94. The Morgan fingerprint density at radius 1 is 1.22 bits per heavy atom. The Balaban J connectivity index is 1.52. The zero-order valence-electron chi connectivity index (χ0n) is 15.5. The SMILES string of the molecule is CC1CCN(S(=O)(=O)c2cn(CC(=O)NCCc3ccccc3)cn2)CC1. The summed E-state index contributed by atoms with van der Waals surface area (Å²) in [5, 5.41) is 2.86. The minimum atomic E-state index is -3.58. The summed E-state index contributed by atoms with van der Waals surface area (Å²) in [5.74, 6) is 0.382. The summed E-state index contributed by atoms with van der Waals surface area (Å²) >= 11 is 0. The molecule has 1 fully saturated rings. The second kappa shape index (κ2) is 8.67. The summed E-state index contributed by atoms with van der Waals surface area (Å²) < 4.78 is 28.3. The van der Waals surface area contributed by atoms with Gasteiger partial charge in [0.25, 0.3) is 10.0 Å². The van der Waals surface area contributed by atoms with E-state index in [0.717, 1.165) is 24.8 Å². The standard InChI is InChI=1S/C19H26N4O3S/c1-16-8-11-23(12-9-16)27(25,26)19-14-22(15-21-19)13-18(24)20-10-7-17-5-3-2-4-6-17/h2-6,14-16H,7-13H2,1H3,(H,20,24). The van der Waals surface area contributed by atoms with Gasteiger partial charge in [0, 0.05) is 25.8 Å². The van der Waals surface area contributed by atoms with Crippen molar-refractivity contribution in [1.29, 1.82) is 0 Å². The van der Waals surface area contributed by atoms with Gasteiger partial charge in [0.2, 0.25) is 5.91 Å². The van der Waals surface area contributed by atoms with Crippen molar-refractivity contribution in [3.05, 3.63) is 48.4 Å². The first-order chi connectivity index (χ1) is 12.9. The Morgan fingerprint density at radius 2 is 1.93 bits per heavy atom. The molecule has 1 N–H and O–H groups in total. The minimum Gasteiger partial charge on any atom is -0.354 e. The molecule has 1 aromatic carbocycles. The van der Waals surface area contributed by atoms with E-state index in [1.54, 1.807) is 0 Å². The Morgan fingerprint density at radius 3 is 2.63 bits per heavy atom. The van der Waals surface area contributed by atoms with Gasteiger partial charge in [-0.2, -0.15) is 4.31 Å². The maximum absolute atomic E-state index is 12.7. The molecule has 2 aromatic rings. The molecule has 0 atom stereocenters. The molecule has 3 rings (SSSR count). The smallest absolute Gasteiger partial charge is 0.262 e. The first kappa shape index (κ1) is 19.6. The predicted molar refractivity (Wildman–Crippen MR) is 103 cm³/mol. The lowest BCUT2D eigenvalue weighted by molar-refractivity contribution is -0.121. The van der Waals surface area contributed by atoms with Crippen molar-refractivity contribution in [2.45, 2.75) is 37.8 Å². The number of nitrogens with zero attached hydrogens (tertiary/aromatic N) is 3. The van der Waals surface area contributed by atoms with Crippen LogP contribution >= 0.6 is 0 Å². The highest BCUT2D eigenvalue weighted by Crippen LogP contribution is 2.22. The van der Waals surface area contributed by atoms with E-state index >= 15 is 0 Å².